The summed E-state index contributed by atoms with van der Waals surface area (Å²) in [5.41, 5.74) is 0. The lowest BCUT2D eigenvalue weighted by molar-refractivity contribution is -0.136. The minimum Gasteiger partial charge on any atom is -0.359 e. The molecule has 3 amide bonds. The van der Waals surface area contributed by atoms with Crippen LogP contribution in [0.4, 0.5) is 0 Å². The van der Waals surface area contributed by atoms with Crippen LogP contribution in [0.1, 0.15) is 32.6 Å². The van der Waals surface area contributed by atoms with Crippen LogP contribution in [0.2, 0.25) is 0 Å². The molecule has 0 aliphatic carbocycles. The van der Waals surface area contributed by atoms with Gasteiger partial charge in [-0.05, 0) is 30.2 Å². The molecule has 1 aliphatic rings. The third-order valence-electron chi connectivity index (χ3n) is 4.35. The fourth-order valence-corrected chi connectivity index (χ4v) is 4.00. The van der Waals surface area contributed by atoms with Crippen molar-refractivity contribution in [3.05, 3.63) is 23.0 Å². The van der Waals surface area contributed by atoms with Gasteiger partial charge in [-0.3, -0.25) is 24.0 Å². The number of thioether (sulfide) groups is 2. The Labute approximate surface area is 185 Å². The Bertz CT molecular complexity index is 664. The fourth-order valence-electron chi connectivity index (χ4n) is 2.59. The van der Waals surface area contributed by atoms with Crippen LogP contribution in [-0.4, -0.2) is 66.0 Å². The van der Waals surface area contributed by atoms with Crippen molar-refractivity contribution in [1.29, 1.82) is 0 Å². The lowest BCUT2D eigenvalue weighted by Crippen LogP contribution is -2.43. The van der Waals surface area contributed by atoms with Crippen molar-refractivity contribution >= 4 is 52.8 Å². The van der Waals surface area contributed by atoms with Gasteiger partial charge >= 0.3 is 0 Å². The van der Waals surface area contributed by atoms with E-state index in [0.29, 0.717) is 5.08 Å². The van der Waals surface area contributed by atoms with Crippen molar-refractivity contribution < 1.29 is 24.0 Å². The summed E-state index contributed by atoms with van der Waals surface area (Å²) in [4.78, 5) is 61.7. The lowest BCUT2D eigenvalue weighted by Gasteiger charge is -2.27. The molecule has 0 aromatic carbocycles. The van der Waals surface area contributed by atoms with Crippen LogP contribution in [0.5, 0.6) is 0 Å². The molecule has 1 unspecified atom stereocenters. The zero-order valence-electron chi connectivity index (χ0n) is 17.3. The van der Waals surface area contributed by atoms with Crippen molar-refractivity contribution in [1.82, 2.24) is 15.5 Å². The summed E-state index contributed by atoms with van der Waals surface area (Å²) in [5.74, 6) is -1.59. The van der Waals surface area contributed by atoms with E-state index in [-0.39, 0.29) is 74.6 Å². The summed E-state index contributed by atoms with van der Waals surface area (Å²) in [7, 11) is 1.51. The Morgan fingerprint density at radius 2 is 1.80 bits per heavy atom. The summed E-state index contributed by atoms with van der Waals surface area (Å²) in [5, 5.41) is 9.29. The maximum absolute atomic E-state index is 13.1. The topological polar surface area (TPSA) is 113 Å². The zero-order valence-corrected chi connectivity index (χ0v) is 19.0. The van der Waals surface area contributed by atoms with Crippen molar-refractivity contribution in [2.45, 2.75) is 32.6 Å². The fraction of sp³-hybridized carbons (Fsp3) is 0.550. The summed E-state index contributed by atoms with van der Waals surface area (Å²) in [6, 6.07) is 0. The van der Waals surface area contributed by atoms with Gasteiger partial charge in [0.1, 0.15) is 5.78 Å². The molecule has 1 atom stereocenters. The molecule has 1 rings (SSSR count). The third-order valence-corrected chi connectivity index (χ3v) is 6.09. The normalized spacial score (nSPS) is 18.3. The van der Waals surface area contributed by atoms with Crippen molar-refractivity contribution in [3.8, 4) is 0 Å². The molecule has 0 fully saturated rings. The van der Waals surface area contributed by atoms with Gasteiger partial charge in [0.25, 0.3) is 0 Å². The second-order valence-corrected chi connectivity index (χ2v) is 8.86. The van der Waals surface area contributed by atoms with Crippen molar-refractivity contribution in [2.24, 2.45) is 5.92 Å². The third kappa shape index (κ3) is 11.2. The van der Waals surface area contributed by atoms with Gasteiger partial charge in [-0.1, -0.05) is 0 Å². The quantitative estimate of drug-likeness (QED) is 0.598. The highest BCUT2D eigenvalue weighted by Gasteiger charge is 2.26. The first kappa shape index (κ1) is 26.0. The van der Waals surface area contributed by atoms with E-state index in [0.717, 1.165) is 0 Å². The van der Waals surface area contributed by atoms with Crippen molar-refractivity contribution in [2.75, 3.05) is 31.8 Å². The van der Waals surface area contributed by atoms with Gasteiger partial charge in [0.2, 0.25) is 17.7 Å². The Morgan fingerprint density at radius 3 is 2.47 bits per heavy atom. The van der Waals surface area contributed by atoms with Gasteiger partial charge in [0, 0.05) is 57.1 Å². The standard InChI is InChI=1S/C20H29N3O5S2/c1-15(24)5-9-23(10-6-18(26)21-2)20(28)16-3-4-17(25)7-11-29-14-30-12-8-19(27)22-13-16/h7-8,11-12,16H,3-6,9-10,13-14H2,1-2H3,(H,21,26)(H,22,27). The zero-order chi connectivity index (χ0) is 22.4. The number of nitrogens with zero attached hydrogens (tertiary/aromatic N) is 1. The molecule has 0 aromatic heterocycles. The number of hydrogen-bond donors (Lipinski definition) is 2. The van der Waals surface area contributed by atoms with E-state index in [1.807, 2.05) is 0 Å². The van der Waals surface area contributed by atoms with Gasteiger partial charge < -0.3 is 15.5 Å². The van der Waals surface area contributed by atoms with Crippen LogP contribution < -0.4 is 10.6 Å². The van der Waals surface area contributed by atoms with E-state index >= 15 is 0 Å². The van der Waals surface area contributed by atoms with Gasteiger partial charge in [0.05, 0.1) is 5.92 Å². The molecule has 0 spiro atoms. The van der Waals surface area contributed by atoms with Crippen LogP contribution in [0.3, 0.4) is 0 Å². The molecular weight excluding hydrogens is 426 g/mol. The Kier molecular flexibility index (Phi) is 12.8. The molecule has 30 heavy (non-hydrogen) atoms. The van der Waals surface area contributed by atoms with Crippen LogP contribution in [0.15, 0.2) is 23.0 Å². The largest absolute Gasteiger partial charge is 0.359 e. The number of hydrogen-bond acceptors (Lipinski definition) is 7. The van der Waals surface area contributed by atoms with Crippen LogP contribution in [-0.2, 0) is 24.0 Å². The summed E-state index contributed by atoms with van der Waals surface area (Å²) in [6.07, 6.45) is 3.63. The second kappa shape index (κ2) is 14.8. The molecular formula is C20H29N3O5S2. The van der Waals surface area contributed by atoms with E-state index in [1.165, 1.54) is 54.5 Å². The smallest absolute Gasteiger partial charge is 0.244 e. The number of amides is 3. The predicted octanol–water partition coefficient (Wildman–Crippen LogP) is 1.48. The van der Waals surface area contributed by atoms with Crippen molar-refractivity contribution in [3.63, 3.8) is 0 Å². The number of carbonyl (C=O) groups is 5. The Morgan fingerprint density at radius 1 is 1.13 bits per heavy atom. The van der Waals surface area contributed by atoms with Gasteiger partial charge in [0.15, 0.2) is 5.78 Å². The lowest BCUT2D eigenvalue weighted by atomic mass is 9.99. The Hall–Kier alpha value is -2.07. The molecule has 10 heteroatoms. The average molecular weight is 456 g/mol. The van der Waals surface area contributed by atoms with E-state index in [9.17, 15) is 24.0 Å². The molecule has 0 aromatic rings. The molecule has 166 valence electrons. The minimum absolute atomic E-state index is 0.0625. The summed E-state index contributed by atoms with van der Waals surface area (Å²) in [6.45, 7) is 1.87. The first-order chi connectivity index (χ1) is 14.3. The van der Waals surface area contributed by atoms with E-state index in [1.54, 1.807) is 10.8 Å². The predicted molar refractivity (Wildman–Crippen MR) is 120 cm³/mol. The maximum Gasteiger partial charge on any atom is 0.244 e. The SMILES string of the molecule is CNC(=O)CCN(CCC(C)=O)C(=O)C1CCC(=O)C=CSCSC=CC(=O)NC1. The molecule has 0 saturated heterocycles. The second-order valence-electron chi connectivity index (χ2n) is 6.70. The number of allylic oxidation sites excluding steroid dienone is 1. The van der Waals surface area contributed by atoms with Crippen LogP contribution in [0, 0.1) is 5.92 Å². The highest BCUT2D eigenvalue weighted by molar-refractivity contribution is 8.18. The van der Waals surface area contributed by atoms with E-state index in [4.69, 9.17) is 0 Å². The molecule has 1 aliphatic heterocycles. The number of ketones is 2. The monoisotopic (exact) mass is 455 g/mol. The molecule has 8 nitrogen and oxygen atoms in total. The van der Waals surface area contributed by atoms with E-state index < -0.39 is 5.92 Å². The number of nitrogens with one attached hydrogen (secondary N) is 2. The highest BCUT2D eigenvalue weighted by Crippen LogP contribution is 2.16. The first-order valence-electron chi connectivity index (χ1n) is 9.69. The van der Waals surface area contributed by atoms with Gasteiger partial charge in [-0.2, -0.15) is 0 Å². The van der Waals surface area contributed by atoms with Gasteiger partial charge in [-0.25, -0.2) is 0 Å². The number of carbonyl (C=O) groups excluding carboxylic acids is 5. The summed E-state index contributed by atoms with van der Waals surface area (Å²) < 4.78 is 0. The Balaban J connectivity index is 2.93. The van der Waals surface area contributed by atoms with E-state index in [2.05, 4.69) is 10.6 Å². The molecule has 0 radical (unpaired) electrons. The first-order valence-corrected chi connectivity index (χ1v) is 11.8. The van der Waals surface area contributed by atoms with Crippen LogP contribution in [0.25, 0.3) is 0 Å². The molecule has 1 heterocycles. The maximum atomic E-state index is 13.1. The summed E-state index contributed by atoms with van der Waals surface area (Å²) >= 11 is 2.88. The number of rotatable bonds is 7. The molecule has 2 N–H and O–H groups in total. The van der Waals surface area contributed by atoms with Crippen LogP contribution >= 0.6 is 23.5 Å². The van der Waals surface area contributed by atoms with Gasteiger partial charge in [-0.15, -0.1) is 23.5 Å². The minimum atomic E-state index is -0.625. The number of Topliss-reactive ketones (excluding diaryl/α,β-unsaturated/α-hetero) is 1. The molecule has 0 saturated carbocycles. The molecule has 0 bridgehead atoms. The average Bonchev–Trinajstić information content (AvgIpc) is 2.71. The highest BCUT2D eigenvalue weighted by atomic mass is 32.2.